The smallest absolute Gasteiger partial charge is 0.423 e. The number of nitrogens with zero attached hydrogens (tertiary/aromatic N) is 1. The van der Waals surface area contributed by atoms with E-state index in [1.807, 2.05) is 6.07 Å². The Morgan fingerprint density at radius 2 is 2.17 bits per heavy atom. The molecular weight excluding hydrogens is 153 g/mol. The summed E-state index contributed by atoms with van der Waals surface area (Å²) >= 11 is 0. The Bertz CT molecular complexity index is 261. The van der Waals surface area contributed by atoms with Crippen molar-refractivity contribution in [2.75, 3.05) is 0 Å². The van der Waals surface area contributed by atoms with Crippen LogP contribution in [-0.4, -0.2) is 17.2 Å². The number of allylic oxidation sites excluding steroid dienone is 5. The minimum absolute atomic E-state index is 0.102. The van der Waals surface area contributed by atoms with Crippen LogP contribution >= 0.6 is 0 Å². The normalized spacial score (nSPS) is 11.3. The van der Waals surface area contributed by atoms with E-state index in [-0.39, 0.29) is 5.47 Å². The average molecular weight is 163 g/mol. The van der Waals surface area contributed by atoms with Crippen LogP contribution in [0.5, 0.6) is 0 Å². The highest BCUT2D eigenvalue weighted by Gasteiger charge is 2.09. The van der Waals surface area contributed by atoms with Crippen LogP contribution < -0.4 is 0 Å². The highest BCUT2D eigenvalue weighted by atomic mass is 16.4. The zero-order valence-electron chi connectivity index (χ0n) is 6.86. The molecule has 0 aromatic carbocycles. The minimum atomic E-state index is -1.60. The molecule has 0 aromatic rings. The fourth-order valence-corrected chi connectivity index (χ4v) is 0.571. The Kier molecular flexibility index (Phi) is 4.78. The van der Waals surface area contributed by atoms with E-state index in [9.17, 15) is 0 Å². The molecule has 0 atom stereocenters. The van der Waals surface area contributed by atoms with Crippen LogP contribution in [0.3, 0.4) is 0 Å². The second kappa shape index (κ2) is 5.36. The number of rotatable bonds is 3. The van der Waals surface area contributed by atoms with Gasteiger partial charge in [-0.15, -0.1) is 0 Å². The van der Waals surface area contributed by atoms with Crippen molar-refractivity contribution in [3.63, 3.8) is 0 Å². The molecule has 0 aliphatic carbocycles. The van der Waals surface area contributed by atoms with E-state index >= 15 is 0 Å². The zero-order chi connectivity index (χ0) is 9.56. The molecule has 62 valence electrons. The van der Waals surface area contributed by atoms with Crippen LogP contribution in [0.25, 0.3) is 0 Å². The SMILES string of the molecule is C=C(/C=C(C#N)\C=C/C)B(O)O. The van der Waals surface area contributed by atoms with Crippen molar-refractivity contribution in [3.05, 3.63) is 35.9 Å². The third-order valence-corrected chi connectivity index (χ3v) is 1.15. The van der Waals surface area contributed by atoms with Gasteiger partial charge in [-0.25, -0.2) is 0 Å². The molecule has 0 heterocycles. The van der Waals surface area contributed by atoms with Gasteiger partial charge in [0.2, 0.25) is 0 Å². The summed E-state index contributed by atoms with van der Waals surface area (Å²) in [6.07, 6.45) is 4.57. The summed E-state index contributed by atoms with van der Waals surface area (Å²) in [5.41, 5.74) is 0.445. The summed E-state index contributed by atoms with van der Waals surface area (Å²) < 4.78 is 0. The van der Waals surface area contributed by atoms with Crippen molar-refractivity contribution in [1.29, 1.82) is 5.26 Å². The van der Waals surface area contributed by atoms with Gasteiger partial charge in [0.1, 0.15) is 0 Å². The standard InChI is InChI=1S/C8H10BNO2/c1-3-4-8(6-10)5-7(2)9(11)12/h3-5,11-12H,2H2,1H3/b4-3-,8-5+. The van der Waals surface area contributed by atoms with E-state index in [1.54, 1.807) is 19.1 Å². The lowest BCUT2D eigenvalue weighted by Gasteiger charge is -1.95. The molecule has 0 fully saturated rings. The Morgan fingerprint density at radius 3 is 2.50 bits per heavy atom. The van der Waals surface area contributed by atoms with Gasteiger partial charge in [-0.1, -0.05) is 12.7 Å². The van der Waals surface area contributed by atoms with E-state index in [0.717, 1.165) is 0 Å². The molecule has 0 radical (unpaired) electrons. The van der Waals surface area contributed by atoms with Crippen molar-refractivity contribution >= 4 is 7.12 Å². The first-order chi connectivity index (χ1) is 5.61. The van der Waals surface area contributed by atoms with E-state index in [1.165, 1.54) is 6.08 Å². The fourth-order valence-electron chi connectivity index (χ4n) is 0.571. The predicted octanol–water partition coefficient (Wildman–Crippen LogP) is 0.581. The topological polar surface area (TPSA) is 64.2 Å². The number of hydrogen-bond acceptors (Lipinski definition) is 3. The summed E-state index contributed by atoms with van der Waals surface area (Å²) in [5, 5.41) is 25.7. The molecule has 0 amide bonds. The molecule has 0 bridgehead atoms. The molecule has 0 aromatic heterocycles. The lowest BCUT2D eigenvalue weighted by Crippen LogP contribution is -2.12. The summed E-state index contributed by atoms with van der Waals surface area (Å²) in [6, 6.07) is 1.88. The highest BCUT2D eigenvalue weighted by molar-refractivity contribution is 6.51. The van der Waals surface area contributed by atoms with Gasteiger partial charge >= 0.3 is 7.12 Å². The Labute approximate surface area is 72.1 Å². The number of nitriles is 1. The van der Waals surface area contributed by atoms with Crippen LogP contribution in [-0.2, 0) is 0 Å². The van der Waals surface area contributed by atoms with Crippen LogP contribution in [0.15, 0.2) is 35.9 Å². The van der Waals surface area contributed by atoms with Gasteiger partial charge in [-0.05, 0) is 24.5 Å². The van der Waals surface area contributed by atoms with Gasteiger partial charge in [0.05, 0.1) is 11.6 Å². The highest BCUT2D eigenvalue weighted by Crippen LogP contribution is 2.02. The first-order valence-electron chi connectivity index (χ1n) is 3.41. The van der Waals surface area contributed by atoms with Gasteiger partial charge < -0.3 is 10.0 Å². The van der Waals surface area contributed by atoms with Gasteiger partial charge in [-0.3, -0.25) is 0 Å². The Hall–Kier alpha value is -1.31. The van der Waals surface area contributed by atoms with E-state index in [4.69, 9.17) is 15.3 Å². The third kappa shape index (κ3) is 3.76. The maximum atomic E-state index is 8.61. The van der Waals surface area contributed by atoms with Crippen LogP contribution in [0.4, 0.5) is 0 Å². The molecule has 0 rings (SSSR count). The van der Waals surface area contributed by atoms with Crippen LogP contribution in [0.1, 0.15) is 6.92 Å². The molecule has 0 saturated heterocycles. The Balaban J connectivity index is 4.52. The molecular formula is C8H10BNO2. The van der Waals surface area contributed by atoms with E-state index in [2.05, 4.69) is 6.58 Å². The van der Waals surface area contributed by atoms with Crippen LogP contribution in [0, 0.1) is 11.3 Å². The van der Waals surface area contributed by atoms with Crippen molar-refractivity contribution in [3.8, 4) is 6.07 Å². The zero-order valence-corrected chi connectivity index (χ0v) is 6.86. The van der Waals surface area contributed by atoms with Crippen molar-refractivity contribution in [2.24, 2.45) is 0 Å². The molecule has 2 N–H and O–H groups in total. The summed E-state index contributed by atoms with van der Waals surface area (Å²) in [5.74, 6) is 0. The predicted molar refractivity (Wildman–Crippen MR) is 47.8 cm³/mol. The average Bonchev–Trinajstić information content (AvgIpc) is 2.03. The summed E-state index contributed by atoms with van der Waals surface area (Å²) in [4.78, 5) is 0. The molecule has 0 aliphatic rings. The van der Waals surface area contributed by atoms with Gasteiger partial charge in [0.25, 0.3) is 0 Å². The van der Waals surface area contributed by atoms with Crippen molar-refractivity contribution < 1.29 is 10.0 Å². The third-order valence-electron chi connectivity index (χ3n) is 1.15. The molecule has 0 unspecified atom stereocenters. The summed E-state index contributed by atoms with van der Waals surface area (Å²) in [6.45, 7) is 5.13. The lowest BCUT2D eigenvalue weighted by atomic mass is 9.80. The van der Waals surface area contributed by atoms with Crippen molar-refractivity contribution in [1.82, 2.24) is 0 Å². The minimum Gasteiger partial charge on any atom is -0.423 e. The quantitative estimate of drug-likeness (QED) is 0.363. The molecule has 3 nitrogen and oxygen atoms in total. The van der Waals surface area contributed by atoms with Crippen molar-refractivity contribution in [2.45, 2.75) is 6.92 Å². The maximum absolute atomic E-state index is 8.61. The lowest BCUT2D eigenvalue weighted by molar-refractivity contribution is 0.421. The number of hydrogen-bond donors (Lipinski definition) is 2. The molecule has 4 heteroatoms. The van der Waals surface area contributed by atoms with Crippen LogP contribution in [0.2, 0.25) is 0 Å². The maximum Gasteiger partial charge on any atom is 0.487 e. The molecule has 0 aliphatic heterocycles. The second-order valence-corrected chi connectivity index (χ2v) is 2.16. The fraction of sp³-hybridized carbons (Fsp3) is 0.125. The Morgan fingerprint density at radius 1 is 1.58 bits per heavy atom. The first-order valence-corrected chi connectivity index (χ1v) is 3.41. The second-order valence-electron chi connectivity index (χ2n) is 2.16. The summed E-state index contributed by atoms with van der Waals surface area (Å²) in [7, 11) is -1.60. The van der Waals surface area contributed by atoms with E-state index in [0.29, 0.717) is 5.57 Å². The van der Waals surface area contributed by atoms with E-state index < -0.39 is 7.12 Å². The molecule has 0 spiro atoms. The molecule has 0 saturated carbocycles. The van der Waals surface area contributed by atoms with Gasteiger partial charge in [-0.2, -0.15) is 5.26 Å². The molecule has 12 heavy (non-hydrogen) atoms. The van der Waals surface area contributed by atoms with Gasteiger partial charge in [0, 0.05) is 0 Å². The largest absolute Gasteiger partial charge is 0.487 e. The van der Waals surface area contributed by atoms with Gasteiger partial charge in [0.15, 0.2) is 0 Å². The first kappa shape index (κ1) is 10.7. The monoisotopic (exact) mass is 163 g/mol.